The van der Waals surface area contributed by atoms with Crippen LogP contribution in [-0.2, 0) is 27.8 Å². The van der Waals surface area contributed by atoms with Crippen LogP contribution in [0.3, 0.4) is 0 Å². The fraction of sp³-hybridized carbons (Fsp3) is 0.548. The van der Waals surface area contributed by atoms with Crippen LogP contribution in [0.15, 0.2) is 36.4 Å². The molecular formula is C31H39NO6. The molecule has 2 aromatic carbocycles. The van der Waals surface area contributed by atoms with E-state index in [1.165, 1.54) is 11.1 Å². The summed E-state index contributed by atoms with van der Waals surface area (Å²) in [7, 11) is 3.70. The molecule has 0 amide bonds. The number of hydrogen-bond donors (Lipinski definition) is 2. The van der Waals surface area contributed by atoms with Gasteiger partial charge in [0.05, 0.1) is 24.0 Å². The van der Waals surface area contributed by atoms with Gasteiger partial charge in [0.15, 0.2) is 23.4 Å². The minimum atomic E-state index is -0.900. The lowest BCUT2D eigenvalue weighted by atomic mass is 9.49. The van der Waals surface area contributed by atoms with Gasteiger partial charge in [0.2, 0.25) is 0 Å². The Balaban J connectivity index is 0.000000172. The first kappa shape index (κ1) is 26.7. The molecule has 2 bridgehead atoms. The number of ketones is 1. The Labute approximate surface area is 224 Å². The number of likely N-dealkylation sites (N-methyl/N-ethyl adjacent to an activating group) is 1. The summed E-state index contributed by atoms with van der Waals surface area (Å²) < 4.78 is 11.6. The molecule has 1 spiro atoms. The van der Waals surface area contributed by atoms with Crippen LogP contribution < -0.4 is 9.47 Å². The molecule has 2 fully saturated rings. The van der Waals surface area contributed by atoms with Crippen LogP contribution in [-0.4, -0.2) is 65.3 Å². The molecular weight excluding hydrogens is 482 g/mol. The average Bonchev–Trinajstić information content (AvgIpc) is 3.24. The number of Topliss-reactive ketones (excluding diaryl/α,β-unsaturated/α-hetero) is 1. The highest BCUT2D eigenvalue weighted by molar-refractivity contribution is 5.90. The van der Waals surface area contributed by atoms with Crippen molar-refractivity contribution in [3.63, 3.8) is 0 Å². The maximum absolute atomic E-state index is 12.7. The van der Waals surface area contributed by atoms with E-state index in [-0.39, 0.29) is 11.8 Å². The van der Waals surface area contributed by atoms with E-state index in [2.05, 4.69) is 31.9 Å². The molecule has 2 aliphatic heterocycles. The van der Waals surface area contributed by atoms with Crippen molar-refractivity contribution in [2.45, 2.75) is 82.0 Å². The zero-order chi connectivity index (χ0) is 27.4. The Kier molecular flexibility index (Phi) is 6.81. The SMILES string of the molecule is CC(C)Cc1ccc(C(C)C(=O)O)cc1.COc1ccc2c3c1O[C@H]1C(=O)CC[C@@]4(O)[C@@H](C2)N(C)CC[C@]314. The zero-order valence-electron chi connectivity index (χ0n) is 23.0. The van der Waals surface area contributed by atoms with Gasteiger partial charge in [-0.1, -0.05) is 44.2 Å². The number of carbonyl (C=O) groups excluding carboxylic acids is 1. The third kappa shape index (κ3) is 3.93. The Morgan fingerprint density at radius 2 is 1.87 bits per heavy atom. The van der Waals surface area contributed by atoms with Gasteiger partial charge in [-0.05, 0) is 74.9 Å². The number of carboxylic acid groups (broad SMARTS) is 1. The minimum absolute atomic E-state index is 0.0438. The van der Waals surface area contributed by atoms with Gasteiger partial charge in [-0.25, -0.2) is 0 Å². The number of nitrogens with zero attached hydrogens (tertiary/aromatic N) is 1. The van der Waals surface area contributed by atoms with Gasteiger partial charge in [0.1, 0.15) is 0 Å². The summed E-state index contributed by atoms with van der Waals surface area (Å²) in [6, 6.07) is 11.9. The van der Waals surface area contributed by atoms with Crippen molar-refractivity contribution in [3.8, 4) is 11.5 Å². The van der Waals surface area contributed by atoms with Gasteiger partial charge in [-0.2, -0.15) is 0 Å². The summed E-state index contributed by atoms with van der Waals surface area (Å²) in [5.74, 6) is 0.910. The first-order chi connectivity index (χ1) is 18.0. The van der Waals surface area contributed by atoms with E-state index in [4.69, 9.17) is 14.6 Å². The van der Waals surface area contributed by atoms with E-state index in [9.17, 15) is 14.7 Å². The molecule has 2 aliphatic carbocycles. The molecule has 0 radical (unpaired) electrons. The molecule has 0 aromatic heterocycles. The average molecular weight is 522 g/mol. The Bertz CT molecular complexity index is 1240. The van der Waals surface area contributed by atoms with Crippen molar-refractivity contribution in [1.82, 2.24) is 4.90 Å². The van der Waals surface area contributed by atoms with Crippen LogP contribution in [0.1, 0.15) is 68.2 Å². The third-order valence-electron chi connectivity index (χ3n) is 9.22. The van der Waals surface area contributed by atoms with E-state index in [1.54, 1.807) is 14.0 Å². The number of piperidine rings is 1. The van der Waals surface area contributed by atoms with E-state index >= 15 is 0 Å². The van der Waals surface area contributed by atoms with Gasteiger partial charge >= 0.3 is 5.97 Å². The summed E-state index contributed by atoms with van der Waals surface area (Å²) in [5.41, 5.74) is 2.88. The quantitative estimate of drug-likeness (QED) is 0.611. The number of carbonyl (C=O) groups is 2. The Hall–Kier alpha value is -2.90. The second kappa shape index (κ2) is 9.69. The zero-order valence-corrected chi connectivity index (χ0v) is 23.0. The van der Waals surface area contributed by atoms with E-state index in [0.717, 1.165) is 36.9 Å². The fourth-order valence-corrected chi connectivity index (χ4v) is 7.24. The second-order valence-corrected chi connectivity index (χ2v) is 11.8. The number of aliphatic hydroxyl groups is 1. The topological polar surface area (TPSA) is 96.3 Å². The summed E-state index contributed by atoms with van der Waals surface area (Å²) in [4.78, 5) is 25.7. The number of likely N-dealkylation sites (tertiary alicyclic amines) is 1. The summed E-state index contributed by atoms with van der Waals surface area (Å²) in [6.07, 6.45) is 2.94. The number of ether oxygens (including phenoxy) is 2. The van der Waals surface area contributed by atoms with Crippen LogP contribution in [0.5, 0.6) is 11.5 Å². The number of carboxylic acids is 1. The number of aliphatic carboxylic acids is 1. The predicted octanol–water partition coefficient (Wildman–Crippen LogP) is 4.12. The number of methoxy groups -OCH3 is 1. The van der Waals surface area contributed by atoms with Gasteiger partial charge in [0.25, 0.3) is 0 Å². The monoisotopic (exact) mass is 521 g/mol. The lowest BCUT2D eigenvalue weighted by Crippen LogP contribution is -2.76. The molecule has 2 N–H and O–H groups in total. The molecule has 7 nitrogen and oxygen atoms in total. The van der Waals surface area contributed by atoms with Crippen LogP contribution >= 0.6 is 0 Å². The van der Waals surface area contributed by atoms with Gasteiger partial charge in [-0.3, -0.25) is 9.59 Å². The van der Waals surface area contributed by atoms with Crippen LogP contribution in [0.25, 0.3) is 0 Å². The Morgan fingerprint density at radius 3 is 2.50 bits per heavy atom. The predicted molar refractivity (Wildman–Crippen MR) is 144 cm³/mol. The first-order valence-electron chi connectivity index (χ1n) is 13.7. The molecule has 2 aromatic rings. The van der Waals surface area contributed by atoms with Crippen molar-refractivity contribution in [3.05, 3.63) is 58.7 Å². The molecule has 7 heteroatoms. The Morgan fingerprint density at radius 1 is 1.16 bits per heavy atom. The summed E-state index contributed by atoms with van der Waals surface area (Å²) in [6.45, 7) is 6.93. The van der Waals surface area contributed by atoms with Crippen LogP contribution in [0.2, 0.25) is 0 Å². The van der Waals surface area contributed by atoms with Crippen molar-refractivity contribution >= 4 is 11.8 Å². The summed E-state index contributed by atoms with van der Waals surface area (Å²) in [5, 5.41) is 20.6. The minimum Gasteiger partial charge on any atom is -0.493 e. The van der Waals surface area contributed by atoms with Gasteiger partial charge in [-0.15, -0.1) is 0 Å². The first-order valence-corrected chi connectivity index (χ1v) is 13.7. The largest absolute Gasteiger partial charge is 0.493 e. The van der Waals surface area contributed by atoms with Crippen molar-refractivity contribution in [1.29, 1.82) is 0 Å². The van der Waals surface area contributed by atoms with E-state index in [1.807, 2.05) is 30.3 Å². The van der Waals surface area contributed by atoms with Gasteiger partial charge in [0, 0.05) is 18.0 Å². The smallest absolute Gasteiger partial charge is 0.310 e. The maximum atomic E-state index is 12.7. The normalized spacial score (nSPS) is 29.6. The molecule has 5 atom stereocenters. The number of rotatable bonds is 5. The molecule has 1 saturated carbocycles. The highest BCUT2D eigenvalue weighted by Gasteiger charge is 2.72. The second-order valence-electron chi connectivity index (χ2n) is 11.8. The third-order valence-corrected chi connectivity index (χ3v) is 9.22. The summed E-state index contributed by atoms with van der Waals surface area (Å²) >= 11 is 0. The molecule has 1 unspecified atom stereocenters. The van der Waals surface area contributed by atoms with Gasteiger partial charge < -0.3 is 24.6 Å². The lowest BCUT2D eigenvalue weighted by molar-refractivity contribution is -0.185. The van der Waals surface area contributed by atoms with Crippen molar-refractivity contribution < 1.29 is 29.3 Å². The number of benzene rings is 2. The van der Waals surface area contributed by atoms with E-state index in [0.29, 0.717) is 30.3 Å². The van der Waals surface area contributed by atoms with E-state index < -0.39 is 29.0 Å². The molecule has 1 saturated heterocycles. The standard InChI is InChI=1S/C18H21NO4.C13H18O2/c1-19-8-7-17-14-10-3-4-12(22-2)15(14)23-16(17)11(20)5-6-18(17,21)13(19)9-10;1-9(2)8-11-4-6-12(7-5-11)10(3)13(14)15/h3-4,13,16,21H,5-9H2,1-2H3;4-7,9-10H,8H2,1-3H3,(H,14,15)/t13-,16+,17+,18-;/m1./s1. The maximum Gasteiger partial charge on any atom is 0.310 e. The highest BCUT2D eigenvalue weighted by atomic mass is 16.5. The molecule has 6 rings (SSSR count). The molecule has 38 heavy (non-hydrogen) atoms. The van der Waals surface area contributed by atoms with Crippen molar-refractivity contribution in [2.24, 2.45) is 5.92 Å². The molecule has 204 valence electrons. The molecule has 2 heterocycles. The number of hydrogen-bond acceptors (Lipinski definition) is 6. The van der Waals surface area contributed by atoms with Crippen LogP contribution in [0.4, 0.5) is 0 Å². The highest BCUT2D eigenvalue weighted by Crippen LogP contribution is 2.64. The van der Waals surface area contributed by atoms with Crippen LogP contribution in [0, 0.1) is 5.92 Å². The molecule has 4 aliphatic rings. The van der Waals surface area contributed by atoms with Crippen molar-refractivity contribution in [2.75, 3.05) is 20.7 Å². The lowest BCUT2D eigenvalue weighted by Gasteiger charge is -2.62. The fourth-order valence-electron chi connectivity index (χ4n) is 7.24.